The smallest absolute Gasteiger partial charge is 0.341 e. The molecule has 2 aromatic carbocycles. The van der Waals surface area contributed by atoms with Gasteiger partial charge in [0.2, 0.25) is 0 Å². The molecule has 0 bridgehead atoms. The maximum absolute atomic E-state index is 12.5. The van der Waals surface area contributed by atoms with Crippen molar-refractivity contribution in [1.82, 2.24) is 0 Å². The third kappa shape index (κ3) is 6.11. The fraction of sp³-hybridized carbons (Fsp3) is 0.263. The number of carbonyl (C=O) groups is 2. The summed E-state index contributed by atoms with van der Waals surface area (Å²) in [4.78, 5) is 23.2. The predicted molar refractivity (Wildman–Crippen MR) is 96.6 cm³/mol. The molecular weight excluding hydrogens is 376 g/mol. The van der Waals surface area contributed by atoms with Gasteiger partial charge in [-0.3, -0.25) is 4.79 Å². The van der Waals surface area contributed by atoms with Crippen LogP contribution in [0.25, 0.3) is 0 Å². The first-order valence-corrected chi connectivity index (χ1v) is 8.33. The Morgan fingerprint density at radius 2 is 1.79 bits per heavy atom. The molecule has 0 radical (unpaired) electrons. The van der Waals surface area contributed by atoms with Crippen LogP contribution in [0, 0.1) is 0 Å². The van der Waals surface area contributed by atoms with Crippen molar-refractivity contribution in [3.05, 3.63) is 48.0 Å². The lowest BCUT2D eigenvalue weighted by Gasteiger charge is -2.14. The van der Waals surface area contributed by atoms with Gasteiger partial charge in [0.15, 0.2) is 18.1 Å². The molecule has 28 heavy (non-hydrogen) atoms. The molecule has 0 aliphatic rings. The Balaban J connectivity index is 2.18. The molecule has 2 rings (SSSR count). The SMILES string of the molecule is CCOc1cc(C(=O)Nc2ccccc2OCC(F)F)ccc1OCC(=O)O. The molecule has 0 saturated heterocycles. The topological polar surface area (TPSA) is 94.1 Å². The van der Waals surface area contributed by atoms with Gasteiger partial charge in [-0.1, -0.05) is 12.1 Å². The average Bonchev–Trinajstić information content (AvgIpc) is 2.66. The van der Waals surface area contributed by atoms with Crippen molar-refractivity contribution in [1.29, 1.82) is 0 Å². The van der Waals surface area contributed by atoms with Crippen LogP contribution in [0.1, 0.15) is 17.3 Å². The zero-order valence-electron chi connectivity index (χ0n) is 15.0. The van der Waals surface area contributed by atoms with Crippen LogP contribution in [0.15, 0.2) is 42.5 Å². The van der Waals surface area contributed by atoms with Gasteiger partial charge in [0.25, 0.3) is 12.3 Å². The molecule has 9 heteroatoms. The lowest BCUT2D eigenvalue weighted by molar-refractivity contribution is -0.139. The summed E-state index contributed by atoms with van der Waals surface area (Å²) in [5.74, 6) is -1.17. The lowest BCUT2D eigenvalue weighted by Crippen LogP contribution is -2.15. The summed E-state index contributed by atoms with van der Waals surface area (Å²) < 4.78 is 40.3. The molecule has 1 amide bonds. The number of para-hydroxylation sites is 2. The van der Waals surface area contributed by atoms with Crippen LogP contribution in [-0.2, 0) is 4.79 Å². The number of benzene rings is 2. The number of hydrogen-bond donors (Lipinski definition) is 2. The summed E-state index contributed by atoms with van der Waals surface area (Å²) in [7, 11) is 0. The van der Waals surface area contributed by atoms with Crippen molar-refractivity contribution in [3.63, 3.8) is 0 Å². The highest BCUT2D eigenvalue weighted by Gasteiger charge is 2.15. The maximum Gasteiger partial charge on any atom is 0.341 e. The normalized spacial score (nSPS) is 10.4. The molecule has 0 aromatic heterocycles. The first-order chi connectivity index (χ1) is 13.4. The number of halogens is 2. The Bertz CT molecular complexity index is 828. The van der Waals surface area contributed by atoms with Gasteiger partial charge in [0.05, 0.1) is 12.3 Å². The van der Waals surface area contributed by atoms with E-state index in [-0.39, 0.29) is 35.1 Å². The Kier molecular flexibility index (Phi) is 7.55. The Hall–Kier alpha value is -3.36. The van der Waals surface area contributed by atoms with E-state index >= 15 is 0 Å². The molecule has 0 aliphatic carbocycles. The minimum atomic E-state index is -2.64. The number of ether oxygens (including phenoxy) is 3. The van der Waals surface area contributed by atoms with Gasteiger partial charge in [0.1, 0.15) is 12.4 Å². The van der Waals surface area contributed by atoms with Crippen molar-refractivity contribution in [2.45, 2.75) is 13.3 Å². The number of nitrogens with one attached hydrogen (secondary N) is 1. The lowest BCUT2D eigenvalue weighted by atomic mass is 10.1. The maximum atomic E-state index is 12.5. The summed E-state index contributed by atoms with van der Waals surface area (Å²) in [6, 6.07) is 10.5. The number of carboxylic acids is 1. The number of alkyl halides is 2. The number of amides is 1. The summed E-state index contributed by atoms with van der Waals surface area (Å²) in [5, 5.41) is 11.3. The van der Waals surface area contributed by atoms with Gasteiger partial charge in [-0.15, -0.1) is 0 Å². The highest BCUT2D eigenvalue weighted by atomic mass is 19.3. The van der Waals surface area contributed by atoms with E-state index in [9.17, 15) is 18.4 Å². The molecule has 0 saturated carbocycles. The minimum Gasteiger partial charge on any atom is -0.490 e. The molecule has 0 atom stereocenters. The van der Waals surface area contributed by atoms with Crippen LogP contribution in [0.2, 0.25) is 0 Å². The van der Waals surface area contributed by atoms with Gasteiger partial charge in [-0.05, 0) is 37.3 Å². The second-order valence-electron chi connectivity index (χ2n) is 5.43. The first kappa shape index (κ1) is 20.9. The van der Waals surface area contributed by atoms with Crippen LogP contribution < -0.4 is 19.5 Å². The number of carbonyl (C=O) groups excluding carboxylic acids is 1. The summed E-state index contributed by atoms with van der Waals surface area (Å²) in [5.41, 5.74) is 0.437. The van der Waals surface area contributed by atoms with Gasteiger partial charge in [0, 0.05) is 5.56 Å². The molecule has 0 heterocycles. The van der Waals surface area contributed by atoms with Crippen LogP contribution in [0.3, 0.4) is 0 Å². The second-order valence-corrected chi connectivity index (χ2v) is 5.43. The molecule has 0 fully saturated rings. The third-order valence-electron chi connectivity index (χ3n) is 3.36. The predicted octanol–water partition coefficient (Wildman–Crippen LogP) is 3.44. The van der Waals surface area contributed by atoms with E-state index in [0.717, 1.165) is 0 Å². The molecule has 0 aliphatic heterocycles. The summed E-state index contributed by atoms with van der Waals surface area (Å²) in [6.07, 6.45) is -2.64. The number of rotatable bonds is 10. The van der Waals surface area contributed by atoms with Crippen molar-refractivity contribution in [3.8, 4) is 17.2 Å². The molecule has 7 nitrogen and oxygen atoms in total. The van der Waals surface area contributed by atoms with E-state index in [1.165, 1.54) is 30.3 Å². The van der Waals surface area contributed by atoms with E-state index in [4.69, 9.17) is 19.3 Å². The Morgan fingerprint density at radius 3 is 2.46 bits per heavy atom. The van der Waals surface area contributed by atoms with E-state index < -0.39 is 31.5 Å². The fourth-order valence-corrected chi connectivity index (χ4v) is 2.22. The number of hydrogen-bond acceptors (Lipinski definition) is 5. The monoisotopic (exact) mass is 395 g/mol. The highest BCUT2D eigenvalue weighted by molar-refractivity contribution is 6.05. The first-order valence-electron chi connectivity index (χ1n) is 8.33. The summed E-state index contributed by atoms with van der Waals surface area (Å²) >= 11 is 0. The van der Waals surface area contributed by atoms with Crippen molar-refractivity contribution >= 4 is 17.6 Å². The van der Waals surface area contributed by atoms with E-state index in [1.54, 1.807) is 19.1 Å². The highest BCUT2D eigenvalue weighted by Crippen LogP contribution is 2.30. The van der Waals surface area contributed by atoms with Gasteiger partial charge in [-0.2, -0.15) is 0 Å². The average molecular weight is 395 g/mol. The molecule has 150 valence electrons. The molecule has 0 spiro atoms. The van der Waals surface area contributed by atoms with Gasteiger partial charge >= 0.3 is 5.97 Å². The van der Waals surface area contributed by atoms with E-state index in [1.807, 2.05) is 0 Å². The largest absolute Gasteiger partial charge is 0.490 e. The molecule has 0 unspecified atom stereocenters. The second kappa shape index (κ2) is 10.1. The van der Waals surface area contributed by atoms with Gasteiger partial charge in [-0.25, -0.2) is 13.6 Å². The Labute approximate surface area is 159 Å². The fourth-order valence-electron chi connectivity index (χ4n) is 2.22. The van der Waals surface area contributed by atoms with Crippen molar-refractivity contribution in [2.75, 3.05) is 25.1 Å². The molecule has 2 N–H and O–H groups in total. The minimum absolute atomic E-state index is 0.114. The van der Waals surface area contributed by atoms with Crippen LogP contribution in [-0.4, -0.2) is 43.2 Å². The van der Waals surface area contributed by atoms with Crippen LogP contribution in [0.4, 0.5) is 14.5 Å². The zero-order valence-corrected chi connectivity index (χ0v) is 15.0. The zero-order chi connectivity index (χ0) is 20.5. The quantitative estimate of drug-likeness (QED) is 0.640. The number of aliphatic carboxylic acids is 1. The van der Waals surface area contributed by atoms with Crippen LogP contribution >= 0.6 is 0 Å². The standard InChI is InChI=1S/C19H19F2NO6/c1-2-26-16-9-12(7-8-15(16)28-11-18(23)24)19(25)22-13-5-3-4-6-14(13)27-10-17(20)21/h3-9,17H,2,10-11H2,1H3,(H,22,25)(H,23,24). The Morgan fingerprint density at radius 1 is 1.04 bits per heavy atom. The molecule has 2 aromatic rings. The van der Waals surface area contributed by atoms with Gasteiger partial charge < -0.3 is 24.6 Å². The van der Waals surface area contributed by atoms with Crippen LogP contribution in [0.5, 0.6) is 17.2 Å². The molecular formula is C19H19F2NO6. The van der Waals surface area contributed by atoms with Crippen molar-refractivity contribution in [2.24, 2.45) is 0 Å². The summed E-state index contributed by atoms with van der Waals surface area (Å²) in [6.45, 7) is 0.653. The van der Waals surface area contributed by atoms with E-state index in [2.05, 4.69) is 5.32 Å². The third-order valence-corrected chi connectivity index (χ3v) is 3.36. The number of carboxylic acid groups (broad SMARTS) is 1. The number of anilines is 1. The van der Waals surface area contributed by atoms with E-state index in [0.29, 0.717) is 0 Å². The van der Waals surface area contributed by atoms with Crippen molar-refractivity contribution < 1.29 is 37.7 Å².